The topological polar surface area (TPSA) is 26.3 Å². The van der Waals surface area contributed by atoms with Crippen LogP contribution in [0, 0.1) is 17.3 Å². The van der Waals surface area contributed by atoms with Gasteiger partial charge in [-0.25, -0.2) is 4.39 Å². The molecule has 2 rings (SSSR count). The van der Waals surface area contributed by atoms with E-state index in [1.165, 1.54) is 0 Å². The highest BCUT2D eigenvalue weighted by atomic mass is 79.9. The molecule has 24 heavy (non-hydrogen) atoms. The zero-order valence-electron chi connectivity index (χ0n) is 12.8. The standard InChI is InChI=1S/C16H14Br2F4O2/c1-15(2)9(6-12(19)16(20,21)22)13(15)14(23)24-7-8-10(17)4-3-5-11(8)18/h3-6,9,13H,7H2,1-2H3/b12-6-/t9-,13-/m1/s1. The molecule has 0 radical (unpaired) electrons. The van der Waals surface area contributed by atoms with E-state index in [0.717, 1.165) is 8.95 Å². The molecule has 1 aliphatic rings. The maximum atomic E-state index is 13.1. The second-order valence-electron chi connectivity index (χ2n) is 6.15. The Balaban J connectivity index is 2.06. The molecule has 2 atom stereocenters. The summed E-state index contributed by atoms with van der Waals surface area (Å²) in [4.78, 5) is 12.2. The first-order valence-corrected chi connectivity index (χ1v) is 8.59. The number of hydrogen-bond donors (Lipinski definition) is 0. The third-order valence-corrected chi connectivity index (χ3v) is 5.67. The summed E-state index contributed by atoms with van der Waals surface area (Å²) in [6.45, 7) is 3.18. The minimum atomic E-state index is -5.03. The molecule has 1 aromatic rings. The molecule has 0 aromatic heterocycles. The van der Waals surface area contributed by atoms with Gasteiger partial charge in [0.1, 0.15) is 6.61 Å². The minimum absolute atomic E-state index is 0.0361. The van der Waals surface area contributed by atoms with Crippen LogP contribution < -0.4 is 0 Å². The summed E-state index contributed by atoms with van der Waals surface area (Å²) < 4.78 is 56.7. The summed E-state index contributed by atoms with van der Waals surface area (Å²) in [5.41, 5.74) is -0.0666. The van der Waals surface area contributed by atoms with Crippen LogP contribution in [0.3, 0.4) is 0 Å². The third-order valence-electron chi connectivity index (χ3n) is 4.18. The molecule has 0 N–H and O–H groups in total. The summed E-state index contributed by atoms with van der Waals surface area (Å²) in [7, 11) is 0. The second-order valence-corrected chi connectivity index (χ2v) is 7.85. The molecule has 0 unspecified atom stereocenters. The number of benzene rings is 1. The highest BCUT2D eigenvalue weighted by molar-refractivity contribution is 9.11. The van der Waals surface area contributed by atoms with Crippen molar-refractivity contribution in [3.63, 3.8) is 0 Å². The molecule has 1 aliphatic carbocycles. The van der Waals surface area contributed by atoms with Crippen molar-refractivity contribution in [3.8, 4) is 0 Å². The number of carbonyl (C=O) groups is 1. The normalized spacial score (nSPS) is 23.1. The van der Waals surface area contributed by atoms with Gasteiger partial charge < -0.3 is 4.74 Å². The van der Waals surface area contributed by atoms with Gasteiger partial charge in [0.2, 0.25) is 0 Å². The first-order chi connectivity index (χ1) is 11.0. The third kappa shape index (κ3) is 4.02. The van der Waals surface area contributed by atoms with Crippen LogP contribution in [0.4, 0.5) is 17.6 Å². The van der Waals surface area contributed by atoms with Gasteiger partial charge in [-0.15, -0.1) is 0 Å². The van der Waals surface area contributed by atoms with E-state index in [1.54, 1.807) is 32.0 Å². The van der Waals surface area contributed by atoms with Gasteiger partial charge in [0.05, 0.1) is 5.92 Å². The number of rotatable bonds is 4. The van der Waals surface area contributed by atoms with Crippen molar-refractivity contribution in [1.82, 2.24) is 0 Å². The van der Waals surface area contributed by atoms with Gasteiger partial charge in [-0.1, -0.05) is 51.8 Å². The fourth-order valence-corrected chi connectivity index (χ4v) is 3.82. The maximum Gasteiger partial charge on any atom is 0.442 e. The Kier molecular flexibility index (Phi) is 5.49. The van der Waals surface area contributed by atoms with Gasteiger partial charge in [0, 0.05) is 14.5 Å². The van der Waals surface area contributed by atoms with E-state index in [9.17, 15) is 22.4 Å². The van der Waals surface area contributed by atoms with Crippen molar-refractivity contribution in [1.29, 1.82) is 0 Å². The molecule has 0 bridgehead atoms. The van der Waals surface area contributed by atoms with Crippen LogP contribution in [-0.2, 0) is 16.1 Å². The molecular weight excluding hydrogens is 460 g/mol. The van der Waals surface area contributed by atoms with Crippen molar-refractivity contribution in [3.05, 3.63) is 44.6 Å². The highest BCUT2D eigenvalue weighted by Crippen LogP contribution is 2.60. The molecular formula is C16H14Br2F4O2. The van der Waals surface area contributed by atoms with Gasteiger partial charge in [0.15, 0.2) is 5.83 Å². The Labute approximate surface area is 153 Å². The Morgan fingerprint density at radius 1 is 1.29 bits per heavy atom. The van der Waals surface area contributed by atoms with E-state index in [1.807, 2.05) is 0 Å². The van der Waals surface area contributed by atoms with Crippen molar-refractivity contribution in [2.75, 3.05) is 0 Å². The minimum Gasteiger partial charge on any atom is -0.460 e. The number of allylic oxidation sites excluding steroid dienone is 2. The quantitative estimate of drug-likeness (QED) is 0.399. The molecule has 2 nitrogen and oxygen atoms in total. The van der Waals surface area contributed by atoms with E-state index in [0.29, 0.717) is 11.6 Å². The van der Waals surface area contributed by atoms with E-state index in [2.05, 4.69) is 31.9 Å². The Bertz CT molecular complexity index is 663. The van der Waals surface area contributed by atoms with Gasteiger partial charge >= 0.3 is 12.1 Å². The Morgan fingerprint density at radius 2 is 1.83 bits per heavy atom. The van der Waals surface area contributed by atoms with Crippen LogP contribution in [0.2, 0.25) is 0 Å². The first kappa shape index (κ1) is 19.4. The summed E-state index contributed by atoms with van der Waals surface area (Å²) in [6, 6.07) is 5.35. The highest BCUT2D eigenvalue weighted by Gasteiger charge is 2.62. The molecule has 1 fully saturated rings. The first-order valence-electron chi connectivity index (χ1n) is 7.00. The smallest absolute Gasteiger partial charge is 0.442 e. The molecule has 0 spiro atoms. The van der Waals surface area contributed by atoms with Crippen molar-refractivity contribution < 1.29 is 27.1 Å². The number of hydrogen-bond acceptors (Lipinski definition) is 2. The summed E-state index contributed by atoms with van der Waals surface area (Å²) in [6.07, 6.45) is -4.56. The van der Waals surface area contributed by atoms with Gasteiger partial charge in [-0.05, 0) is 29.5 Å². The van der Waals surface area contributed by atoms with Crippen LogP contribution >= 0.6 is 31.9 Å². The Hall–Kier alpha value is -0.890. The number of alkyl halides is 3. The lowest BCUT2D eigenvalue weighted by molar-refractivity contribution is -0.147. The van der Waals surface area contributed by atoms with Crippen molar-refractivity contribution in [2.45, 2.75) is 26.6 Å². The van der Waals surface area contributed by atoms with Crippen molar-refractivity contribution in [2.24, 2.45) is 17.3 Å². The van der Waals surface area contributed by atoms with Gasteiger partial charge in [0.25, 0.3) is 0 Å². The molecule has 1 saturated carbocycles. The van der Waals surface area contributed by atoms with E-state index >= 15 is 0 Å². The fraction of sp³-hybridized carbons (Fsp3) is 0.438. The van der Waals surface area contributed by atoms with Gasteiger partial charge in [-0.2, -0.15) is 13.2 Å². The number of esters is 1. The maximum absolute atomic E-state index is 13.1. The lowest BCUT2D eigenvalue weighted by Gasteiger charge is -2.09. The van der Waals surface area contributed by atoms with E-state index < -0.39 is 35.2 Å². The SMILES string of the molecule is CC1(C)[C@H](/C=C(\F)C(F)(F)F)[C@@H]1C(=O)OCc1c(Br)cccc1Br. The van der Waals surface area contributed by atoms with Crippen LogP contribution in [0.1, 0.15) is 19.4 Å². The lowest BCUT2D eigenvalue weighted by Crippen LogP contribution is -2.11. The molecule has 132 valence electrons. The van der Waals surface area contributed by atoms with Crippen molar-refractivity contribution >= 4 is 37.8 Å². The average molecular weight is 474 g/mol. The molecule has 1 aromatic carbocycles. The average Bonchev–Trinajstić information content (AvgIpc) is 2.98. The largest absolute Gasteiger partial charge is 0.460 e. The monoisotopic (exact) mass is 472 g/mol. The molecule has 0 aliphatic heterocycles. The summed E-state index contributed by atoms with van der Waals surface area (Å²) in [5.74, 6) is -4.45. The lowest BCUT2D eigenvalue weighted by atomic mass is 10.1. The molecule has 0 saturated heterocycles. The molecule has 8 heteroatoms. The van der Waals surface area contributed by atoms with E-state index in [-0.39, 0.29) is 6.61 Å². The van der Waals surface area contributed by atoms with E-state index in [4.69, 9.17) is 4.74 Å². The zero-order chi connectivity index (χ0) is 18.3. The Morgan fingerprint density at radius 3 is 2.33 bits per heavy atom. The van der Waals surface area contributed by atoms with Crippen LogP contribution in [0.5, 0.6) is 0 Å². The zero-order valence-corrected chi connectivity index (χ0v) is 15.9. The summed E-state index contributed by atoms with van der Waals surface area (Å²) >= 11 is 6.67. The predicted octanol–water partition coefficient (Wildman–Crippen LogP) is 5.94. The second kappa shape index (κ2) is 6.78. The van der Waals surface area contributed by atoms with Crippen LogP contribution in [0.15, 0.2) is 39.0 Å². The predicted molar refractivity (Wildman–Crippen MR) is 87.6 cm³/mol. The molecule has 0 amide bonds. The van der Waals surface area contributed by atoms with Gasteiger partial charge in [-0.3, -0.25) is 4.79 Å². The summed E-state index contributed by atoms with van der Waals surface area (Å²) in [5, 5.41) is 0. The fourth-order valence-electron chi connectivity index (χ4n) is 2.59. The number of halogens is 6. The van der Waals surface area contributed by atoms with Crippen LogP contribution in [0.25, 0.3) is 0 Å². The number of ether oxygens (including phenoxy) is 1. The van der Waals surface area contributed by atoms with Crippen LogP contribution in [-0.4, -0.2) is 12.1 Å². The molecule has 0 heterocycles. The number of carbonyl (C=O) groups excluding carboxylic acids is 1.